The van der Waals surface area contributed by atoms with Crippen LogP contribution in [-0.4, -0.2) is 17.1 Å². The molecule has 0 unspecified atom stereocenters. The van der Waals surface area contributed by atoms with Gasteiger partial charge in [0.05, 0.1) is 7.11 Å². The fourth-order valence-corrected chi connectivity index (χ4v) is 1.61. The van der Waals surface area contributed by atoms with Gasteiger partial charge in [-0.3, -0.25) is 0 Å². The van der Waals surface area contributed by atoms with Gasteiger partial charge in [-0.2, -0.15) is 4.98 Å². The van der Waals surface area contributed by atoms with Crippen LogP contribution in [0.1, 0.15) is 12.7 Å². The molecular weight excluding hydrogens is 252 g/mol. The molecule has 0 fully saturated rings. The topological polar surface area (TPSA) is 44.2 Å². The normalized spacial score (nSPS) is 10.2. The second-order valence-corrected chi connectivity index (χ2v) is 3.96. The molecule has 18 heavy (non-hydrogen) atoms. The summed E-state index contributed by atoms with van der Waals surface area (Å²) in [5.41, 5.74) is 0. The van der Waals surface area contributed by atoms with Gasteiger partial charge in [-0.1, -0.05) is 18.5 Å². The first-order valence-corrected chi connectivity index (χ1v) is 5.94. The van der Waals surface area contributed by atoms with E-state index in [1.165, 1.54) is 0 Å². The van der Waals surface area contributed by atoms with E-state index in [-0.39, 0.29) is 0 Å². The van der Waals surface area contributed by atoms with Crippen molar-refractivity contribution in [2.45, 2.75) is 13.3 Å². The quantitative estimate of drug-likeness (QED) is 0.793. The molecule has 0 aliphatic heterocycles. The Morgan fingerprint density at radius 2 is 1.78 bits per heavy atom. The highest BCUT2D eigenvalue weighted by Gasteiger charge is 2.04. The van der Waals surface area contributed by atoms with Gasteiger partial charge < -0.3 is 9.47 Å². The molecule has 0 amide bonds. The molecule has 1 aromatic heterocycles. The summed E-state index contributed by atoms with van der Waals surface area (Å²) in [6.45, 7) is 1.96. The fraction of sp³-hybridized carbons (Fsp3) is 0.231. The second-order valence-electron chi connectivity index (χ2n) is 3.58. The molecule has 1 heterocycles. The fourth-order valence-electron chi connectivity index (χ4n) is 1.42. The molecule has 0 bridgehead atoms. The van der Waals surface area contributed by atoms with Crippen LogP contribution in [0.15, 0.2) is 30.3 Å². The van der Waals surface area contributed by atoms with Crippen molar-refractivity contribution in [2.75, 3.05) is 7.11 Å². The number of hydrogen-bond acceptors (Lipinski definition) is 4. The summed E-state index contributed by atoms with van der Waals surface area (Å²) in [7, 11) is 1.62. The van der Waals surface area contributed by atoms with Gasteiger partial charge in [0.25, 0.3) is 0 Å². The number of nitrogens with zero attached hydrogens (tertiary/aromatic N) is 2. The van der Waals surface area contributed by atoms with E-state index in [0.717, 1.165) is 5.75 Å². The van der Waals surface area contributed by atoms with Crippen molar-refractivity contribution >= 4 is 11.6 Å². The SMILES string of the molecule is CCc1nc(Cl)cc(Oc2ccc(OC)cc2)n1. The lowest BCUT2D eigenvalue weighted by Crippen LogP contribution is -1.96. The maximum Gasteiger partial charge on any atom is 0.224 e. The lowest BCUT2D eigenvalue weighted by molar-refractivity contribution is 0.412. The smallest absolute Gasteiger partial charge is 0.224 e. The highest BCUT2D eigenvalue weighted by atomic mass is 35.5. The second kappa shape index (κ2) is 5.69. The Morgan fingerprint density at radius 1 is 1.11 bits per heavy atom. The van der Waals surface area contributed by atoms with Crippen LogP contribution in [0, 0.1) is 0 Å². The Morgan fingerprint density at radius 3 is 2.39 bits per heavy atom. The number of aromatic nitrogens is 2. The summed E-state index contributed by atoms with van der Waals surface area (Å²) in [5.74, 6) is 2.55. The van der Waals surface area contributed by atoms with Gasteiger partial charge >= 0.3 is 0 Å². The van der Waals surface area contributed by atoms with Crippen molar-refractivity contribution in [1.29, 1.82) is 0 Å². The average molecular weight is 265 g/mol. The lowest BCUT2D eigenvalue weighted by Gasteiger charge is -2.07. The van der Waals surface area contributed by atoms with Gasteiger partial charge in [-0.05, 0) is 24.3 Å². The van der Waals surface area contributed by atoms with E-state index < -0.39 is 0 Å². The molecule has 0 saturated carbocycles. The third-order valence-electron chi connectivity index (χ3n) is 2.32. The van der Waals surface area contributed by atoms with Gasteiger partial charge in [0.15, 0.2) is 0 Å². The molecule has 0 N–H and O–H groups in total. The first-order chi connectivity index (χ1) is 8.71. The highest BCUT2D eigenvalue weighted by molar-refractivity contribution is 6.29. The van der Waals surface area contributed by atoms with Crippen LogP contribution in [0.3, 0.4) is 0 Å². The largest absolute Gasteiger partial charge is 0.497 e. The standard InChI is InChI=1S/C13H13ClN2O2/c1-3-12-15-11(14)8-13(16-12)18-10-6-4-9(17-2)5-7-10/h4-8H,3H2,1-2H3. The van der Waals surface area contributed by atoms with Crippen LogP contribution in [0.5, 0.6) is 17.4 Å². The van der Waals surface area contributed by atoms with Crippen LogP contribution in [0.2, 0.25) is 5.15 Å². The number of rotatable bonds is 4. The molecule has 0 atom stereocenters. The number of halogens is 1. The Kier molecular flexibility index (Phi) is 3.99. The number of methoxy groups -OCH3 is 1. The zero-order valence-corrected chi connectivity index (χ0v) is 10.9. The minimum Gasteiger partial charge on any atom is -0.497 e. The van der Waals surface area contributed by atoms with E-state index in [4.69, 9.17) is 21.1 Å². The molecule has 0 aliphatic carbocycles. The van der Waals surface area contributed by atoms with E-state index in [1.54, 1.807) is 25.3 Å². The summed E-state index contributed by atoms with van der Waals surface area (Å²) < 4.78 is 10.7. The molecule has 2 aromatic rings. The Labute approximate surface area is 111 Å². The lowest BCUT2D eigenvalue weighted by atomic mass is 10.3. The van der Waals surface area contributed by atoms with E-state index in [0.29, 0.717) is 29.0 Å². The molecule has 0 spiro atoms. The van der Waals surface area contributed by atoms with Gasteiger partial charge in [0.2, 0.25) is 5.88 Å². The molecule has 0 aliphatic rings. The van der Waals surface area contributed by atoms with Crippen molar-refractivity contribution < 1.29 is 9.47 Å². The summed E-state index contributed by atoms with van der Waals surface area (Å²) >= 11 is 5.89. The van der Waals surface area contributed by atoms with E-state index in [2.05, 4.69) is 9.97 Å². The van der Waals surface area contributed by atoms with Crippen molar-refractivity contribution in [2.24, 2.45) is 0 Å². The molecule has 2 rings (SSSR count). The molecular formula is C13H13ClN2O2. The van der Waals surface area contributed by atoms with E-state index in [9.17, 15) is 0 Å². The first-order valence-electron chi connectivity index (χ1n) is 5.56. The van der Waals surface area contributed by atoms with Crippen molar-refractivity contribution in [3.05, 3.63) is 41.3 Å². The van der Waals surface area contributed by atoms with Gasteiger partial charge in [0, 0.05) is 12.5 Å². The predicted molar refractivity (Wildman–Crippen MR) is 69.5 cm³/mol. The minimum atomic E-state index is 0.380. The molecule has 1 aromatic carbocycles. The van der Waals surface area contributed by atoms with Gasteiger partial charge in [-0.25, -0.2) is 4.98 Å². The van der Waals surface area contributed by atoms with Crippen LogP contribution in [0.4, 0.5) is 0 Å². The molecule has 0 radical (unpaired) electrons. The average Bonchev–Trinajstić information content (AvgIpc) is 2.39. The summed E-state index contributed by atoms with van der Waals surface area (Å²) in [6, 6.07) is 8.84. The van der Waals surface area contributed by atoms with Crippen molar-refractivity contribution in [3.8, 4) is 17.4 Å². The number of aryl methyl sites for hydroxylation is 1. The van der Waals surface area contributed by atoms with Crippen LogP contribution in [0.25, 0.3) is 0 Å². The van der Waals surface area contributed by atoms with Gasteiger partial charge in [0.1, 0.15) is 22.5 Å². The Bertz CT molecular complexity index is 529. The van der Waals surface area contributed by atoms with Crippen LogP contribution < -0.4 is 9.47 Å². The Hall–Kier alpha value is -1.81. The summed E-state index contributed by atoms with van der Waals surface area (Å²) in [5, 5.41) is 0.380. The molecule has 4 nitrogen and oxygen atoms in total. The molecule has 0 saturated heterocycles. The number of benzene rings is 1. The first kappa shape index (κ1) is 12.6. The predicted octanol–water partition coefficient (Wildman–Crippen LogP) is 3.49. The zero-order valence-electron chi connectivity index (χ0n) is 10.2. The van der Waals surface area contributed by atoms with E-state index in [1.807, 2.05) is 19.1 Å². The monoisotopic (exact) mass is 264 g/mol. The number of ether oxygens (including phenoxy) is 2. The summed E-state index contributed by atoms with van der Waals surface area (Å²) in [6.07, 6.45) is 0.708. The maximum absolute atomic E-state index is 5.89. The number of hydrogen-bond donors (Lipinski definition) is 0. The van der Waals surface area contributed by atoms with Gasteiger partial charge in [-0.15, -0.1) is 0 Å². The highest BCUT2D eigenvalue weighted by Crippen LogP contribution is 2.23. The van der Waals surface area contributed by atoms with Crippen molar-refractivity contribution in [1.82, 2.24) is 9.97 Å². The minimum absolute atomic E-state index is 0.380. The zero-order chi connectivity index (χ0) is 13.0. The maximum atomic E-state index is 5.89. The van der Waals surface area contributed by atoms with Crippen LogP contribution in [-0.2, 0) is 6.42 Å². The van der Waals surface area contributed by atoms with Crippen LogP contribution >= 0.6 is 11.6 Å². The van der Waals surface area contributed by atoms with E-state index >= 15 is 0 Å². The summed E-state index contributed by atoms with van der Waals surface area (Å²) in [4.78, 5) is 8.32. The molecule has 5 heteroatoms. The Balaban J connectivity index is 2.19. The third-order valence-corrected chi connectivity index (χ3v) is 2.51. The third kappa shape index (κ3) is 3.11. The van der Waals surface area contributed by atoms with Crippen molar-refractivity contribution in [3.63, 3.8) is 0 Å². The molecule has 94 valence electrons.